The van der Waals surface area contributed by atoms with Crippen LogP contribution in [0.5, 0.6) is 0 Å². The average molecular weight is 438 g/mol. The van der Waals surface area contributed by atoms with Crippen molar-refractivity contribution < 1.29 is 21.6 Å². The third-order valence-corrected chi connectivity index (χ3v) is 7.08. The summed E-state index contributed by atoms with van der Waals surface area (Å²) in [4.78, 5) is 12.7. The first kappa shape index (κ1) is 21.3. The fourth-order valence-electron chi connectivity index (χ4n) is 3.09. The Morgan fingerprint density at radius 1 is 1.00 bits per heavy atom. The lowest BCUT2D eigenvalue weighted by Gasteiger charge is -2.16. The smallest absolute Gasteiger partial charge is 0.255 e. The quantitative estimate of drug-likeness (QED) is 0.721. The molecule has 1 fully saturated rings. The molecule has 0 unspecified atom stereocenters. The molecule has 1 heterocycles. The highest BCUT2D eigenvalue weighted by Gasteiger charge is 2.27. The van der Waals surface area contributed by atoms with Crippen LogP contribution in [0.1, 0.15) is 28.8 Å². The second-order valence-corrected chi connectivity index (χ2v) is 10.7. The molecule has 156 valence electrons. The summed E-state index contributed by atoms with van der Waals surface area (Å²) in [6, 6.07) is 10.7. The lowest BCUT2D eigenvalue weighted by molar-refractivity contribution is 0.102. The van der Waals surface area contributed by atoms with Gasteiger partial charge in [-0.1, -0.05) is 12.1 Å². The van der Waals surface area contributed by atoms with Crippen molar-refractivity contribution in [2.45, 2.75) is 24.7 Å². The molecule has 0 aromatic heterocycles. The number of amides is 1. The number of sulfonamides is 2. The van der Waals surface area contributed by atoms with Crippen molar-refractivity contribution in [3.8, 4) is 0 Å². The second-order valence-electron chi connectivity index (χ2n) is 7.00. The van der Waals surface area contributed by atoms with Crippen molar-refractivity contribution >= 4 is 37.3 Å². The molecule has 1 amide bonds. The Morgan fingerprint density at radius 3 is 2.34 bits per heavy atom. The van der Waals surface area contributed by atoms with Gasteiger partial charge < -0.3 is 5.32 Å². The SMILES string of the molecule is Cc1ccc(NC(=O)c2cccc(S(=O)(=O)N3CCCC3)c2)cc1NS(C)(=O)=O. The van der Waals surface area contributed by atoms with Gasteiger partial charge in [0.05, 0.1) is 16.8 Å². The number of anilines is 2. The number of aryl methyl sites for hydroxylation is 1. The maximum Gasteiger partial charge on any atom is 0.255 e. The van der Waals surface area contributed by atoms with E-state index in [1.807, 2.05) is 0 Å². The van der Waals surface area contributed by atoms with Gasteiger partial charge in [0, 0.05) is 24.3 Å². The summed E-state index contributed by atoms with van der Waals surface area (Å²) in [5.74, 6) is -0.488. The third-order valence-electron chi connectivity index (χ3n) is 4.59. The zero-order chi connectivity index (χ0) is 21.2. The van der Waals surface area contributed by atoms with Gasteiger partial charge >= 0.3 is 0 Å². The van der Waals surface area contributed by atoms with E-state index in [1.165, 1.54) is 34.6 Å². The van der Waals surface area contributed by atoms with Crippen molar-refractivity contribution in [3.63, 3.8) is 0 Å². The molecule has 0 radical (unpaired) electrons. The van der Waals surface area contributed by atoms with Crippen molar-refractivity contribution in [1.29, 1.82) is 0 Å². The van der Waals surface area contributed by atoms with Gasteiger partial charge in [0.25, 0.3) is 5.91 Å². The molecule has 10 heteroatoms. The van der Waals surface area contributed by atoms with Crippen molar-refractivity contribution in [2.75, 3.05) is 29.4 Å². The van der Waals surface area contributed by atoms with Gasteiger partial charge in [0.15, 0.2) is 0 Å². The molecule has 1 saturated heterocycles. The summed E-state index contributed by atoms with van der Waals surface area (Å²) >= 11 is 0. The van der Waals surface area contributed by atoms with Crippen LogP contribution in [0.25, 0.3) is 0 Å². The summed E-state index contributed by atoms with van der Waals surface area (Å²) in [5.41, 5.74) is 1.64. The average Bonchev–Trinajstić information content (AvgIpc) is 3.19. The van der Waals surface area contributed by atoms with Gasteiger partial charge in [-0.2, -0.15) is 4.31 Å². The van der Waals surface area contributed by atoms with Crippen LogP contribution in [-0.4, -0.2) is 46.4 Å². The van der Waals surface area contributed by atoms with Crippen LogP contribution in [-0.2, 0) is 20.0 Å². The van der Waals surface area contributed by atoms with E-state index in [1.54, 1.807) is 19.1 Å². The number of rotatable bonds is 6. The molecule has 1 aliphatic rings. The largest absolute Gasteiger partial charge is 0.322 e. The molecule has 0 atom stereocenters. The Bertz CT molecular complexity index is 1140. The predicted octanol–water partition coefficient (Wildman–Crippen LogP) is 2.40. The highest BCUT2D eigenvalue weighted by atomic mass is 32.2. The molecular weight excluding hydrogens is 414 g/mol. The number of carbonyl (C=O) groups is 1. The Balaban J connectivity index is 1.82. The van der Waals surface area contributed by atoms with Crippen molar-refractivity contribution in [3.05, 3.63) is 53.6 Å². The molecule has 2 aromatic rings. The van der Waals surface area contributed by atoms with Crippen molar-refractivity contribution in [2.24, 2.45) is 0 Å². The van der Waals surface area contributed by atoms with Crippen LogP contribution in [0.15, 0.2) is 47.4 Å². The van der Waals surface area contributed by atoms with E-state index in [2.05, 4.69) is 10.0 Å². The zero-order valence-corrected chi connectivity index (χ0v) is 17.8. The topological polar surface area (TPSA) is 113 Å². The minimum absolute atomic E-state index is 0.0791. The minimum atomic E-state index is -3.62. The normalized spacial score (nSPS) is 15.2. The number of nitrogens with one attached hydrogen (secondary N) is 2. The molecule has 2 aromatic carbocycles. The number of benzene rings is 2. The van der Waals surface area contributed by atoms with Gasteiger partial charge in [-0.05, 0) is 55.7 Å². The fraction of sp³-hybridized carbons (Fsp3) is 0.316. The molecular formula is C19H23N3O5S2. The molecule has 29 heavy (non-hydrogen) atoms. The van der Waals surface area contributed by atoms with Gasteiger partial charge in [-0.3, -0.25) is 9.52 Å². The van der Waals surface area contributed by atoms with E-state index < -0.39 is 26.0 Å². The Morgan fingerprint density at radius 2 is 1.69 bits per heavy atom. The van der Waals surface area contributed by atoms with Crippen LogP contribution >= 0.6 is 0 Å². The molecule has 8 nitrogen and oxygen atoms in total. The first-order valence-corrected chi connectivity index (χ1v) is 12.4. The highest BCUT2D eigenvalue weighted by molar-refractivity contribution is 7.92. The molecule has 0 bridgehead atoms. The van der Waals surface area contributed by atoms with E-state index in [-0.39, 0.29) is 10.5 Å². The number of carbonyl (C=O) groups excluding carboxylic acids is 1. The van der Waals surface area contributed by atoms with Crippen LogP contribution in [0.4, 0.5) is 11.4 Å². The third kappa shape index (κ3) is 5.14. The summed E-state index contributed by atoms with van der Waals surface area (Å²) in [6.07, 6.45) is 2.71. The second kappa shape index (κ2) is 8.13. The molecule has 0 spiro atoms. The van der Waals surface area contributed by atoms with Crippen LogP contribution in [0, 0.1) is 6.92 Å². The molecule has 3 rings (SSSR count). The summed E-state index contributed by atoms with van der Waals surface area (Å²) in [5, 5.41) is 2.68. The number of hydrogen-bond acceptors (Lipinski definition) is 5. The molecule has 0 saturated carbocycles. The summed E-state index contributed by atoms with van der Waals surface area (Å²) in [6.45, 7) is 2.71. The van der Waals surface area contributed by atoms with Crippen LogP contribution in [0.2, 0.25) is 0 Å². The van der Waals surface area contributed by atoms with E-state index >= 15 is 0 Å². The number of hydrogen-bond donors (Lipinski definition) is 2. The Labute approximate surface area is 171 Å². The number of nitrogens with zero attached hydrogens (tertiary/aromatic N) is 1. The summed E-state index contributed by atoms with van der Waals surface area (Å²) < 4.78 is 52.2. The molecule has 2 N–H and O–H groups in total. The van der Waals surface area contributed by atoms with E-state index in [0.717, 1.165) is 19.1 Å². The molecule has 1 aliphatic heterocycles. The maximum atomic E-state index is 12.7. The van der Waals surface area contributed by atoms with Gasteiger partial charge in [0.2, 0.25) is 20.0 Å². The predicted molar refractivity (Wildman–Crippen MR) is 112 cm³/mol. The van der Waals surface area contributed by atoms with Crippen LogP contribution < -0.4 is 10.0 Å². The lowest BCUT2D eigenvalue weighted by Crippen LogP contribution is -2.28. The van der Waals surface area contributed by atoms with E-state index in [4.69, 9.17) is 0 Å². The Hall–Kier alpha value is -2.43. The minimum Gasteiger partial charge on any atom is -0.322 e. The standard InChI is InChI=1S/C19H23N3O5S2/c1-14-8-9-16(13-18(14)21-28(2,24)25)20-19(23)15-6-5-7-17(12-15)29(26,27)22-10-3-4-11-22/h5-9,12-13,21H,3-4,10-11H2,1-2H3,(H,20,23). The fourth-order valence-corrected chi connectivity index (χ4v) is 5.27. The maximum absolute atomic E-state index is 12.7. The van der Waals surface area contributed by atoms with E-state index in [0.29, 0.717) is 30.0 Å². The van der Waals surface area contributed by atoms with Gasteiger partial charge in [0.1, 0.15) is 0 Å². The molecule has 0 aliphatic carbocycles. The van der Waals surface area contributed by atoms with Gasteiger partial charge in [-0.25, -0.2) is 16.8 Å². The van der Waals surface area contributed by atoms with Crippen LogP contribution in [0.3, 0.4) is 0 Å². The first-order valence-electron chi connectivity index (χ1n) is 9.06. The van der Waals surface area contributed by atoms with Gasteiger partial charge in [-0.15, -0.1) is 0 Å². The lowest BCUT2D eigenvalue weighted by atomic mass is 10.1. The summed E-state index contributed by atoms with van der Waals surface area (Å²) in [7, 11) is -7.08. The van der Waals surface area contributed by atoms with Crippen molar-refractivity contribution in [1.82, 2.24) is 4.31 Å². The zero-order valence-electron chi connectivity index (χ0n) is 16.2. The Kier molecular flexibility index (Phi) is 5.97. The monoisotopic (exact) mass is 437 g/mol. The first-order chi connectivity index (χ1) is 13.6. The van der Waals surface area contributed by atoms with E-state index in [9.17, 15) is 21.6 Å². The highest BCUT2D eigenvalue weighted by Crippen LogP contribution is 2.24.